The number of anilines is 1. The van der Waals surface area contributed by atoms with Gasteiger partial charge in [-0.15, -0.1) is 0 Å². The molecule has 30 heavy (non-hydrogen) atoms. The maximum atomic E-state index is 14.4. The highest BCUT2D eigenvalue weighted by molar-refractivity contribution is 6.45. The first-order valence-electron chi connectivity index (χ1n) is 10.3. The number of likely N-dealkylation sites (tertiary alicyclic amines) is 1. The fourth-order valence-electron chi connectivity index (χ4n) is 3.85. The minimum atomic E-state index is -0.598. The van der Waals surface area contributed by atoms with Gasteiger partial charge in [-0.2, -0.15) is 0 Å². The van der Waals surface area contributed by atoms with Gasteiger partial charge < -0.3 is 9.64 Å². The summed E-state index contributed by atoms with van der Waals surface area (Å²) in [4.78, 5) is 29.6. The molecule has 2 aliphatic rings. The monoisotopic (exact) mass is 408 g/mol. The van der Waals surface area contributed by atoms with Gasteiger partial charge in [0.05, 0.1) is 17.9 Å². The van der Waals surface area contributed by atoms with Gasteiger partial charge in [-0.05, 0) is 48.6 Å². The molecule has 0 unspecified atom stereocenters. The lowest BCUT2D eigenvalue weighted by atomic mass is 10.0. The zero-order valence-corrected chi connectivity index (χ0v) is 17.2. The highest BCUT2D eigenvalue weighted by atomic mass is 19.1. The summed E-state index contributed by atoms with van der Waals surface area (Å²) in [5, 5.41) is 0. The Morgan fingerprint density at radius 3 is 2.27 bits per heavy atom. The van der Waals surface area contributed by atoms with E-state index >= 15 is 0 Å². The highest BCUT2D eigenvalue weighted by Gasteiger charge is 2.43. The number of nitrogens with zero attached hydrogens (tertiary/aromatic N) is 2. The van der Waals surface area contributed by atoms with Crippen LogP contribution in [0.15, 0.2) is 54.2 Å². The van der Waals surface area contributed by atoms with Crippen molar-refractivity contribution in [1.29, 1.82) is 0 Å². The zero-order chi connectivity index (χ0) is 21.3. The molecule has 0 aliphatic carbocycles. The van der Waals surface area contributed by atoms with Crippen LogP contribution in [0.4, 0.5) is 10.1 Å². The summed E-state index contributed by atoms with van der Waals surface area (Å²) in [7, 11) is 0. The van der Waals surface area contributed by atoms with Crippen LogP contribution in [0.1, 0.15) is 32.3 Å². The second-order valence-electron chi connectivity index (χ2n) is 8.04. The molecular formula is C24H25FN2O3. The van der Waals surface area contributed by atoms with Crippen LogP contribution in [0.25, 0.3) is 5.57 Å². The van der Waals surface area contributed by atoms with Crippen molar-refractivity contribution in [3.05, 3.63) is 65.6 Å². The number of rotatable bonds is 6. The molecule has 0 bridgehead atoms. The van der Waals surface area contributed by atoms with Crippen molar-refractivity contribution in [2.45, 2.75) is 26.7 Å². The van der Waals surface area contributed by atoms with E-state index in [0.29, 0.717) is 48.2 Å². The molecule has 4 rings (SSSR count). The third kappa shape index (κ3) is 3.70. The molecule has 6 heteroatoms. The van der Waals surface area contributed by atoms with Crippen LogP contribution in [0.2, 0.25) is 0 Å². The molecule has 2 aliphatic heterocycles. The smallest absolute Gasteiger partial charge is 0.282 e. The van der Waals surface area contributed by atoms with Crippen molar-refractivity contribution in [2.24, 2.45) is 5.92 Å². The van der Waals surface area contributed by atoms with Crippen molar-refractivity contribution >= 4 is 23.1 Å². The topological polar surface area (TPSA) is 49.9 Å². The van der Waals surface area contributed by atoms with Crippen LogP contribution < -0.4 is 9.64 Å². The molecule has 2 amide bonds. The molecule has 0 aromatic heterocycles. The van der Waals surface area contributed by atoms with Crippen LogP contribution in [0.5, 0.6) is 5.75 Å². The summed E-state index contributed by atoms with van der Waals surface area (Å²) in [5.74, 6) is -0.459. The van der Waals surface area contributed by atoms with Crippen LogP contribution in [0.3, 0.4) is 0 Å². The van der Waals surface area contributed by atoms with E-state index in [1.54, 1.807) is 30.3 Å². The number of halogens is 1. The molecule has 5 nitrogen and oxygen atoms in total. The Balaban J connectivity index is 1.73. The predicted octanol–water partition coefficient (Wildman–Crippen LogP) is 4.24. The highest BCUT2D eigenvalue weighted by Crippen LogP contribution is 2.37. The summed E-state index contributed by atoms with van der Waals surface area (Å²) in [6.45, 7) is 6.15. The van der Waals surface area contributed by atoms with Crippen LogP contribution in [-0.2, 0) is 9.59 Å². The van der Waals surface area contributed by atoms with E-state index in [0.717, 1.165) is 17.7 Å². The average molecular weight is 408 g/mol. The number of amides is 2. The Labute approximate surface area is 175 Å². The normalized spacial score (nSPS) is 16.9. The molecule has 0 saturated carbocycles. The number of ether oxygens (including phenoxy) is 1. The van der Waals surface area contributed by atoms with Gasteiger partial charge in [-0.3, -0.25) is 9.59 Å². The number of hydrogen-bond donors (Lipinski definition) is 0. The van der Waals surface area contributed by atoms with Crippen molar-refractivity contribution in [2.75, 3.05) is 24.6 Å². The van der Waals surface area contributed by atoms with Crippen molar-refractivity contribution < 1.29 is 18.7 Å². The standard InChI is InChI=1S/C24H25FN2O3/c1-16(2)15-30-18-11-9-17(10-12-18)21-22(26-13-5-6-14-26)24(29)27(23(21)28)20-8-4-3-7-19(20)25/h3-4,7-12,16H,5-6,13-15H2,1-2H3. The van der Waals surface area contributed by atoms with Crippen LogP contribution in [-0.4, -0.2) is 36.4 Å². The third-order valence-electron chi connectivity index (χ3n) is 5.30. The molecular weight excluding hydrogens is 383 g/mol. The summed E-state index contributed by atoms with van der Waals surface area (Å²) < 4.78 is 20.2. The van der Waals surface area contributed by atoms with Gasteiger partial charge in [0.25, 0.3) is 11.8 Å². The zero-order valence-electron chi connectivity index (χ0n) is 17.2. The van der Waals surface area contributed by atoms with Gasteiger partial charge in [0, 0.05) is 13.1 Å². The van der Waals surface area contributed by atoms with Crippen molar-refractivity contribution in [1.82, 2.24) is 4.90 Å². The molecule has 2 heterocycles. The molecule has 0 atom stereocenters. The SMILES string of the molecule is CC(C)COc1ccc(C2=C(N3CCCC3)C(=O)N(c3ccccc3F)C2=O)cc1. The minimum Gasteiger partial charge on any atom is -0.493 e. The summed E-state index contributed by atoms with van der Waals surface area (Å²) >= 11 is 0. The molecule has 0 spiro atoms. The number of carbonyl (C=O) groups excluding carboxylic acids is 2. The van der Waals surface area contributed by atoms with E-state index in [1.807, 2.05) is 4.90 Å². The summed E-state index contributed by atoms with van der Waals surface area (Å²) in [5.41, 5.74) is 1.29. The predicted molar refractivity (Wildman–Crippen MR) is 113 cm³/mol. The quantitative estimate of drug-likeness (QED) is 0.671. The van der Waals surface area contributed by atoms with Gasteiger partial charge in [0.2, 0.25) is 0 Å². The first-order valence-corrected chi connectivity index (χ1v) is 10.3. The summed E-state index contributed by atoms with van der Waals surface area (Å²) in [6.07, 6.45) is 1.92. The Kier molecular flexibility index (Phi) is 5.57. The van der Waals surface area contributed by atoms with Gasteiger partial charge in [-0.1, -0.05) is 38.1 Å². The van der Waals surface area contributed by atoms with E-state index in [-0.39, 0.29) is 5.69 Å². The number of benzene rings is 2. The molecule has 2 aromatic carbocycles. The minimum absolute atomic E-state index is 0.0175. The van der Waals surface area contributed by atoms with Gasteiger partial charge in [0.1, 0.15) is 17.3 Å². The van der Waals surface area contributed by atoms with E-state index in [1.165, 1.54) is 18.2 Å². The van der Waals surface area contributed by atoms with E-state index in [2.05, 4.69) is 13.8 Å². The molecule has 156 valence electrons. The van der Waals surface area contributed by atoms with Gasteiger partial charge in [-0.25, -0.2) is 9.29 Å². The summed E-state index contributed by atoms with van der Waals surface area (Å²) in [6, 6.07) is 13.0. The Morgan fingerprint density at radius 2 is 1.63 bits per heavy atom. The third-order valence-corrected chi connectivity index (χ3v) is 5.30. The first-order chi connectivity index (χ1) is 14.5. The van der Waals surface area contributed by atoms with Gasteiger partial charge in [0.15, 0.2) is 0 Å². The Hall–Kier alpha value is -3.15. The fraction of sp³-hybridized carbons (Fsp3) is 0.333. The average Bonchev–Trinajstić information content (AvgIpc) is 3.34. The number of imide groups is 1. The maximum Gasteiger partial charge on any atom is 0.282 e. The number of para-hydroxylation sites is 1. The van der Waals surface area contributed by atoms with Crippen molar-refractivity contribution in [3.63, 3.8) is 0 Å². The number of carbonyl (C=O) groups is 2. The molecule has 0 N–H and O–H groups in total. The van der Waals surface area contributed by atoms with Gasteiger partial charge >= 0.3 is 0 Å². The Bertz CT molecular complexity index is 992. The molecule has 0 radical (unpaired) electrons. The van der Waals surface area contributed by atoms with Crippen molar-refractivity contribution in [3.8, 4) is 5.75 Å². The lowest BCUT2D eigenvalue weighted by Crippen LogP contribution is -2.35. The maximum absolute atomic E-state index is 14.4. The fourth-order valence-corrected chi connectivity index (χ4v) is 3.85. The number of hydrogen-bond acceptors (Lipinski definition) is 4. The molecule has 1 saturated heterocycles. The molecule has 2 aromatic rings. The lowest BCUT2D eigenvalue weighted by Gasteiger charge is -2.20. The first kappa shape index (κ1) is 20.1. The second-order valence-corrected chi connectivity index (χ2v) is 8.04. The Morgan fingerprint density at radius 1 is 0.967 bits per heavy atom. The van der Waals surface area contributed by atoms with E-state index in [4.69, 9.17) is 4.74 Å². The van der Waals surface area contributed by atoms with Crippen LogP contribution >= 0.6 is 0 Å². The largest absolute Gasteiger partial charge is 0.493 e. The van der Waals surface area contributed by atoms with Crippen LogP contribution in [0, 0.1) is 11.7 Å². The van der Waals surface area contributed by atoms with E-state index < -0.39 is 17.6 Å². The van der Waals surface area contributed by atoms with E-state index in [9.17, 15) is 14.0 Å². The lowest BCUT2D eigenvalue weighted by molar-refractivity contribution is -0.120. The second kappa shape index (κ2) is 8.30. The molecule has 1 fully saturated rings.